The molecule has 1 heterocycles. The number of aliphatic hydroxyl groups excluding tert-OH is 2. The van der Waals surface area contributed by atoms with Gasteiger partial charge in [-0.05, 0) is 174 Å². The third-order valence-electron chi connectivity index (χ3n) is 18.2. The Kier molecular flexibility index (Phi) is 7.81. The first-order valence-electron chi connectivity index (χ1n) is 21.5. The minimum atomic E-state index is -0.383. The van der Waals surface area contributed by atoms with Gasteiger partial charge in [0.05, 0.1) is 12.2 Å². The van der Waals surface area contributed by atoms with Crippen molar-refractivity contribution in [1.29, 1.82) is 0 Å². The van der Waals surface area contributed by atoms with Gasteiger partial charge in [-0.15, -0.1) is 0 Å². The Morgan fingerprint density at radius 1 is 1.02 bits per heavy atom. The van der Waals surface area contributed by atoms with E-state index in [1.807, 2.05) is 6.92 Å². The number of fused-ring (bicyclic) bond motifs is 14. The molecule has 1 aliphatic heterocycles. The number of hydrogen-bond donors (Lipinski definition) is 4. The van der Waals surface area contributed by atoms with Crippen molar-refractivity contribution in [2.45, 2.75) is 141 Å². The monoisotopic (exact) mass is 703 g/mol. The Morgan fingerprint density at radius 2 is 1.83 bits per heavy atom. The lowest BCUT2D eigenvalue weighted by atomic mass is 9.40. The fourth-order valence-electron chi connectivity index (χ4n) is 16.2. The highest BCUT2D eigenvalue weighted by Crippen LogP contribution is 2.75. The van der Waals surface area contributed by atoms with Crippen molar-refractivity contribution < 1.29 is 10.2 Å². The molecule has 4 heteroatoms. The summed E-state index contributed by atoms with van der Waals surface area (Å²) in [5, 5.41) is 29.7. The van der Waals surface area contributed by atoms with Crippen LogP contribution < -0.4 is 10.6 Å². The molecule has 9 aliphatic rings. The van der Waals surface area contributed by atoms with E-state index in [-0.39, 0.29) is 40.0 Å². The largest absolute Gasteiger partial charge is 0.392 e. The molecule has 8 aliphatic carbocycles. The normalized spacial score (nSPS) is 50.2. The van der Waals surface area contributed by atoms with Crippen LogP contribution in [-0.2, 0) is 12.8 Å². The quantitative estimate of drug-likeness (QED) is 0.238. The van der Waals surface area contributed by atoms with Gasteiger partial charge in [0.2, 0.25) is 0 Å². The number of piperidine rings is 1. The number of aliphatic hydroxyl groups is 2. The van der Waals surface area contributed by atoms with Crippen molar-refractivity contribution >= 4 is 0 Å². The molecule has 0 radical (unpaired) electrons. The summed E-state index contributed by atoms with van der Waals surface area (Å²) in [5.41, 5.74) is 10.1. The van der Waals surface area contributed by atoms with Crippen LogP contribution in [-0.4, -0.2) is 46.6 Å². The van der Waals surface area contributed by atoms with Crippen LogP contribution in [0.25, 0.3) is 0 Å². The Morgan fingerprint density at radius 3 is 2.62 bits per heavy atom. The number of benzene rings is 1. The molecular weight excluding hydrogens is 637 g/mol. The average molecular weight is 703 g/mol. The van der Waals surface area contributed by atoms with E-state index >= 15 is 0 Å². The molecule has 9 bridgehead atoms. The smallest absolute Gasteiger partial charge is 0.0696 e. The maximum atomic E-state index is 11.5. The first-order valence-corrected chi connectivity index (χ1v) is 21.5. The van der Waals surface area contributed by atoms with Gasteiger partial charge >= 0.3 is 0 Å². The van der Waals surface area contributed by atoms with E-state index in [1.165, 1.54) is 63.4 Å². The molecular formula is C48H66N2O2. The van der Waals surface area contributed by atoms with Crippen LogP contribution in [0.15, 0.2) is 71.4 Å². The Balaban J connectivity index is 1.06. The maximum Gasteiger partial charge on any atom is 0.0696 e. The van der Waals surface area contributed by atoms with Crippen LogP contribution in [0.3, 0.4) is 0 Å². The lowest BCUT2D eigenvalue weighted by Crippen LogP contribution is -2.64. The summed E-state index contributed by atoms with van der Waals surface area (Å²) in [6.07, 6.45) is 21.8. The molecule has 0 aromatic heterocycles. The molecule has 4 N–H and O–H groups in total. The summed E-state index contributed by atoms with van der Waals surface area (Å²) in [6, 6.07) is 10.4. The molecule has 10 rings (SSSR count). The predicted octanol–water partition coefficient (Wildman–Crippen LogP) is 8.50. The second kappa shape index (κ2) is 11.8. The summed E-state index contributed by atoms with van der Waals surface area (Å²) in [5.74, 6) is 5.29. The summed E-state index contributed by atoms with van der Waals surface area (Å²) >= 11 is 0. The molecule has 280 valence electrons. The molecule has 16 atom stereocenters. The summed E-state index contributed by atoms with van der Waals surface area (Å²) in [6.45, 7) is 17.2. The van der Waals surface area contributed by atoms with Crippen LogP contribution in [0, 0.1) is 63.6 Å². The van der Waals surface area contributed by atoms with Gasteiger partial charge in [0.1, 0.15) is 0 Å². The van der Waals surface area contributed by atoms with E-state index in [4.69, 9.17) is 0 Å². The third-order valence-corrected chi connectivity index (χ3v) is 18.2. The van der Waals surface area contributed by atoms with Crippen LogP contribution in [0.2, 0.25) is 0 Å². The maximum absolute atomic E-state index is 11.5. The highest BCUT2D eigenvalue weighted by molar-refractivity contribution is 5.48. The van der Waals surface area contributed by atoms with Crippen molar-refractivity contribution in [3.63, 3.8) is 0 Å². The molecule has 4 nitrogen and oxygen atoms in total. The number of nitrogens with one attached hydrogen (secondary N) is 2. The molecule has 1 aromatic carbocycles. The molecule has 52 heavy (non-hydrogen) atoms. The van der Waals surface area contributed by atoms with E-state index in [0.29, 0.717) is 48.1 Å². The van der Waals surface area contributed by atoms with E-state index in [1.54, 1.807) is 27.8 Å². The zero-order valence-corrected chi connectivity index (χ0v) is 32.8. The summed E-state index contributed by atoms with van der Waals surface area (Å²) in [4.78, 5) is 0. The standard InChI is InChI=1S/C48H66N2O2/c1-27(2)47-11-10-37-16-32-14-30-8-7-9-31(13-30)15-34-20-41(36-12-28(3)40(24-47)45(5,23-36)48(37,22-32)26-47)50-46(6)39(34)18-35-17-33-19-42(49-25-29(4)51)43(52)21-38(33)44(35)46/h7-13,29,32-35,37-39,41-44,49-52H,1,14-26H2,2-6H3/t29-,32+,33+,34-,35-,37-,38+,39-,41-,42+,43+,44-,45-,46-,47+,48-/m0/s1. The van der Waals surface area contributed by atoms with Crippen LogP contribution in [0.1, 0.15) is 110 Å². The molecule has 1 aromatic rings. The van der Waals surface area contributed by atoms with Gasteiger partial charge in [-0.25, -0.2) is 0 Å². The van der Waals surface area contributed by atoms with Crippen LogP contribution in [0.5, 0.6) is 0 Å². The van der Waals surface area contributed by atoms with Crippen molar-refractivity contribution in [3.05, 3.63) is 82.5 Å². The lowest BCUT2D eigenvalue weighted by Gasteiger charge is -2.64. The highest BCUT2D eigenvalue weighted by Gasteiger charge is 2.68. The van der Waals surface area contributed by atoms with E-state index < -0.39 is 0 Å². The van der Waals surface area contributed by atoms with Gasteiger partial charge in [0.25, 0.3) is 0 Å². The number of hydrogen-bond acceptors (Lipinski definition) is 4. The number of allylic oxidation sites excluding steroid dienone is 6. The first-order chi connectivity index (χ1) is 24.8. The molecule has 0 unspecified atom stereocenters. The molecule has 1 saturated heterocycles. The average Bonchev–Trinajstić information content (AvgIpc) is 3.72. The zero-order chi connectivity index (χ0) is 35.9. The van der Waals surface area contributed by atoms with Gasteiger partial charge < -0.3 is 20.8 Å². The fraction of sp³-hybridized carbons (Fsp3) is 0.708. The fourth-order valence-corrected chi connectivity index (χ4v) is 16.2. The molecule has 5 saturated carbocycles. The van der Waals surface area contributed by atoms with Crippen molar-refractivity contribution in [2.75, 3.05) is 6.54 Å². The summed E-state index contributed by atoms with van der Waals surface area (Å²) in [7, 11) is 0. The van der Waals surface area contributed by atoms with E-state index in [9.17, 15) is 10.2 Å². The second-order valence-electron chi connectivity index (χ2n) is 21.0. The summed E-state index contributed by atoms with van der Waals surface area (Å²) < 4.78 is 0. The topological polar surface area (TPSA) is 64.5 Å². The SMILES string of the molecule is C=C(C)[C@]12C=C[C@H]3C[C@H]4Cc5cccc(c5)C[C@H]5C[C@H](N[C@]6(C)[C@H]7[C@@H](C[C@@H]8C[C@@H](NC[C@H](C)O)[C@H](O)C[C@H]87)C[C@@H]56)C5=CC(C)=C(C1)[C@](C)(C5)[C@@]3(C4)C2. The van der Waals surface area contributed by atoms with Gasteiger partial charge in [-0.3, -0.25) is 0 Å². The second-order valence-corrected chi connectivity index (χ2v) is 21.0. The van der Waals surface area contributed by atoms with E-state index in [0.717, 1.165) is 31.1 Å². The molecule has 0 amide bonds. The lowest BCUT2D eigenvalue weighted by molar-refractivity contribution is -0.0299. The molecule has 6 fully saturated rings. The van der Waals surface area contributed by atoms with Crippen molar-refractivity contribution in [3.8, 4) is 0 Å². The van der Waals surface area contributed by atoms with Gasteiger partial charge in [-0.2, -0.15) is 0 Å². The Labute approximate surface area is 314 Å². The predicted molar refractivity (Wildman–Crippen MR) is 210 cm³/mol. The van der Waals surface area contributed by atoms with Gasteiger partial charge in [0.15, 0.2) is 0 Å². The minimum absolute atomic E-state index is 0.0695. The van der Waals surface area contributed by atoms with Crippen LogP contribution in [0.4, 0.5) is 0 Å². The number of rotatable bonds is 4. The third kappa shape index (κ3) is 4.85. The van der Waals surface area contributed by atoms with Crippen molar-refractivity contribution in [2.24, 2.45) is 63.6 Å². The highest BCUT2D eigenvalue weighted by atomic mass is 16.3. The molecule has 1 spiro atoms. The Bertz CT molecular complexity index is 1760. The minimum Gasteiger partial charge on any atom is -0.392 e. The van der Waals surface area contributed by atoms with E-state index in [2.05, 4.69) is 87.4 Å². The Hall–Kier alpha value is -1.98. The zero-order valence-electron chi connectivity index (χ0n) is 32.8. The van der Waals surface area contributed by atoms with Crippen molar-refractivity contribution in [1.82, 2.24) is 10.6 Å². The van der Waals surface area contributed by atoms with Crippen LogP contribution >= 0.6 is 0 Å². The first kappa shape index (κ1) is 34.5. The van der Waals surface area contributed by atoms with Gasteiger partial charge in [-0.1, -0.05) is 78.3 Å². The van der Waals surface area contributed by atoms with Gasteiger partial charge in [0, 0.05) is 29.6 Å².